The summed E-state index contributed by atoms with van der Waals surface area (Å²) >= 11 is 0. The Kier molecular flexibility index (Phi) is 5.40. The van der Waals surface area contributed by atoms with Crippen molar-refractivity contribution in [2.45, 2.75) is 44.8 Å². The summed E-state index contributed by atoms with van der Waals surface area (Å²) in [5.74, 6) is 1.33. The Bertz CT molecular complexity index is 1180. The zero-order chi connectivity index (χ0) is 23.0. The Morgan fingerprint density at radius 2 is 1.97 bits per heavy atom. The van der Waals surface area contributed by atoms with E-state index in [1.165, 1.54) is 0 Å². The zero-order valence-electron chi connectivity index (χ0n) is 18.8. The summed E-state index contributed by atoms with van der Waals surface area (Å²) in [4.78, 5) is 28.0. The van der Waals surface area contributed by atoms with Crippen LogP contribution in [0.1, 0.15) is 53.8 Å². The van der Waals surface area contributed by atoms with E-state index >= 15 is 0 Å². The summed E-state index contributed by atoms with van der Waals surface area (Å²) in [6, 6.07) is 14.8. The number of fused-ring (bicyclic) bond motifs is 1. The molecule has 0 bridgehead atoms. The standard InChI is InChI=1S/C26H27N3O4/c1-17(2)32-20-6-7-24-21(15-20)23(30)16-26(33-24)9-12-29(13-10-26)25(31)19-5-3-4-18(14-19)22-8-11-27-28-22/h3-8,11,14-15,17H,9-10,12-13,16H2,1-2H3,(H,27,28). The first-order chi connectivity index (χ1) is 15.9. The molecule has 2 aromatic carbocycles. The number of ketones is 1. The second-order valence-electron chi connectivity index (χ2n) is 9.04. The van der Waals surface area contributed by atoms with Gasteiger partial charge in [0.2, 0.25) is 0 Å². The first kappa shape index (κ1) is 21.2. The van der Waals surface area contributed by atoms with Crippen molar-refractivity contribution in [3.63, 3.8) is 0 Å². The highest BCUT2D eigenvalue weighted by molar-refractivity contribution is 6.01. The van der Waals surface area contributed by atoms with Crippen LogP contribution in [0.3, 0.4) is 0 Å². The number of piperidine rings is 1. The zero-order valence-corrected chi connectivity index (χ0v) is 18.8. The molecule has 2 aliphatic rings. The van der Waals surface area contributed by atoms with Gasteiger partial charge in [-0.1, -0.05) is 12.1 Å². The highest BCUT2D eigenvalue weighted by atomic mass is 16.5. The molecular weight excluding hydrogens is 418 g/mol. The van der Waals surface area contributed by atoms with Crippen LogP contribution in [0.25, 0.3) is 11.3 Å². The number of amides is 1. The number of hydrogen-bond donors (Lipinski definition) is 1. The molecule has 1 N–H and O–H groups in total. The van der Waals surface area contributed by atoms with Gasteiger partial charge in [-0.3, -0.25) is 14.7 Å². The number of Topliss-reactive ketones (excluding diaryl/α,β-unsaturated/α-hetero) is 1. The molecule has 3 heterocycles. The van der Waals surface area contributed by atoms with E-state index in [-0.39, 0.29) is 17.8 Å². The molecule has 3 aromatic rings. The molecule has 1 spiro atoms. The van der Waals surface area contributed by atoms with E-state index in [1.54, 1.807) is 12.3 Å². The Labute approximate surface area is 192 Å². The monoisotopic (exact) mass is 445 g/mol. The molecule has 170 valence electrons. The normalized spacial score (nSPS) is 17.1. The lowest BCUT2D eigenvalue weighted by Crippen LogP contribution is -2.52. The molecule has 0 aliphatic carbocycles. The number of aromatic nitrogens is 2. The summed E-state index contributed by atoms with van der Waals surface area (Å²) in [5.41, 5.74) is 2.35. The number of hydrogen-bond acceptors (Lipinski definition) is 5. The Balaban J connectivity index is 1.28. The number of carbonyl (C=O) groups excluding carboxylic acids is 2. The van der Waals surface area contributed by atoms with Gasteiger partial charge in [-0.2, -0.15) is 5.10 Å². The van der Waals surface area contributed by atoms with Crippen molar-refractivity contribution in [1.82, 2.24) is 15.1 Å². The van der Waals surface area contributed by atoms with E-state index in [1.807, 2.05) is 61.2 Å². The summed E-state index contributed by atoms with van der Waals surface area (Å²) in [6.07, 6.45) is 3.36. The number of nitrogens with zero attached hydrogens (tertiary/aromatic N) is 2. The van der Waals surface area contributed by atoms with Gasteiger partial charge in [0, 0.05) is 43.3 Å². The lowest BCUT2D eigenvalue weighted by Gasteiger charge is -2.44. The van der Waals surface area contributed by atoms with E-state index in [0.29, 0.717) is 55.0 Å². The van der Waals surface area contributed by atoms with Gasteiger partial charge in [0.15, 0.2) is 5.78 Å². The Hall–Kier alpha value is -3.61. The number of likely N-dealkylation sites (tertiary alicyclic amines) is 1. The minimum absolute atomic E-state index is 0.0137. The van der Waals surface area contributed by atoms with Crippen molar-refractivity contribution < 1.29 is 19.1 Å². The minimum atomic E-state index is -0.557. The number of carbonyl (C=O) groups is 2. The van der Waals surface area contributed by atoms with Gasteiger partial charge in [-0.15, -0.1) is 0 Å². The van der Waals surface area contributed by atoms with Crippen LogP contribution in [0.5, 0.6) is 11.5 Å². The SMILES string of the molecule is CC(C)Oc1ccc2c(c1)C(=O)CC1(CCN(C(=O)c3cccc(-c4cc[nH]n4)c3)CC1)O2. The van der Waals surface area contributed by atoms with Crippen LogP contribution in [0.15, 0.2) is 54.7 Å². The van der Waals surface area contributed by atoms with Gasteiger partial charge in [-0.25, -0.2) is 0 Å². The third-order valence-corrected chi connectivity index (χ3v) is 6.30. The van der Waals surface area contributed by atoms with Gasteiger partial charge in [0.05, 0.1) is 23.8 Å². The predicted octanol–water partition coefficient (Wildman–Crippen LogP) is 4.50. The van der Waals surface area contributed by atoms with E-state index in [9.17, 15) is 9.59 Å². The average molecular weight is 446 g/mol. The number of benzene rings is 2. The second-order valence-corrected chi connectivity index (χ2v) is 9.04. The van der Waals surface area contributed by atoms with Crippen LogP contribution in [0.4, 0.5) is 0 Å². The van der Waals surface area contributed by atoms with Gasteiger partial charge in [0.1, 0.15) is 17.1 Å². The van der Waals surface area contributed by atoms with Gasteiger partial charge < -0.3 is 14.4 Å². The molecule has 0 atom stereocenters. The van der Waals surface area contributed by atoms with Crippen LogP contribution in [-0.4, -0.2) is 51.6 Å². The number of aromatic amines is 1. The summed E-state index contributed by atoms with van der Waals surface area (Å²) in [5, 5.41) is 7.00. The topological polar surface area (TPSA) is 84.5 Å². The molecule has 1 aromatic heterocycles. The first-order valence-electron chi connectivity index (χ1n) is 11.3. The number of nitrogens with one attached hydrogen (secondary N) is 1. The van der Waals surface area contributed by atoms with E-state index in [2.05, 4.69) is 10.2 Å². The highest BCUT2D eigenvalue weighted by Gasteiger charge is 2.43. The third-order valence-electron chi connectivity index (χ3n) is 6.30. The van der Waals surface area contributed by atoms with Crippen molar-refractivity contribution in [3.8, 4) is 22.8 Å². The van der Waals surface area contributed by atoms with E-state index in [4.69, 9.17) is 9.47 Å². The third kappa shape index (κ3) is 4.23. The minimum Gasteiger partial charge on any atom is -0.491 e. The molecule has 1 fully saturated rings. The van der Waals surface area contributed by atoms with Crippen LogP contribution in [-0.2, 0) is 0 Å². The van der Waals surface area contributed by atoms with Crippen LogP contribution in [0.2, 0.25) is 0 Å². The molecule has 7 heteroatoms. The maximum Gasteiger partial charge on any atom is 0.253 e. The van der Waals surface area contributed by atoms with Crippen molar-refractivity contribution in [2.75, 3.05) is 13.1 Å². The molecule has 5 rings (SSSR count). The van der Waals surface area contributed by atoms with Gasteiger partial charge >= 0.3 is 0 Å². The Morgan fingerprint density at radius 1 is 1.15 bits per heavy atom. The molecule has 0 radical (unpaired) electrons. The summed E-state index contributed by atoms with van der Waals surface area (Å²) < 4.78 is 12.1. The summed E-state index contributed by atoms with van der Waals surface area (Å²) in [6.45, 7) is 5.00. The number of ether oxygens (including phenoxy) is 2. The second kappa shape index (κ2) is 8.39. The molecule has 2 aliphatic heterocycles. The lowest BCUT2D eigenvalue weighted by molar-refractivity contribution is -0.00581. The maximum absolute atomic E-state index is 13.2. The van der Waals surface area contributed by atoms with Crippen LogP contribution >= 0.6 is 0 Å². The van der Waals surface area contributed by atoms with E-state index in [0.717, 1.165) is 11.3 Å². The molecule has 0 saturated carbocycles. The molecule has 7 nitrogen and oxygen atoms in total. The fourth-order valence-electron chi connectivity index (χ4n) is 4.63. The molecule has 33 heavy (non-hydrogen) atoms. The quantitative estimate of drug-likeness (QED) is 0.639. The largest absolute Gasteiger partial charge is 0.491 e. The molecule has 1 amide bonds. The van der Waals surface area contributed by atoms with E-state index < -0.39 is 5.60 Å². The lowest BCUT2D eigenvalue weighted by atomic mass is 9.82. The van der Waals surface area contributed by atoms with Gasteiger partial charge in [-0.05, 0) is 50.2 Å². The highest BCUT2D eigenvalue weighted by Crippen LogP contribution is 2.41. The van der Waals surface area contributed by atoms with Gasteiger partial charge in [0.25, 0.3) is 5.91 Å². The first-order valence-corrected chi connectivity index (χ1v) is 11.3. The number of H-pyrrole nitrogens is 1. The smallest absolute Gasteiger partial charge is 0.253 e. The van der Waals surface area contributed by atoms with Crippen molar-refractivity contribution in [3.05, 3.63) is 65.9 Å². The van der Waals surface area contributed by atoms with Crippen LogP contribution in [0, 0.1) is 0 Å². The molecule has 0 unspecified atom stereocenters. The van der Waals surface area contributed by atoms with Crippen LogP contribution < -0.4 is 9.47 Å². The summed E-state index contributed by atoms with van der Waals surface area (Å²) in [7, 11) is 0. The molecule has 1 saturated heterocycles. The van der Waals surface area contributed by atoms with Crippen molar-refractivity contribution >= 4 is 11.7 Å². The van der Waals surface area contributed by atoms with Crippen molar-refractivity contribution in [2.24, 2.45) is 0 Å². The average Bonchev–Trinajstić information content (AvgIpc) is 3.35. The maximum atomic E-state index is 13.2. The van der Waals surface area contributed by atoms with Crippen molar-refractivity contribution in [1.29, 1.82) is 0 Å². The fraction of sp³-hybridized carbons (Fsp3) is 0.346. The number of rotatable bonds is 4. The Morgan fingerprint density at radius 3 is 2.70 bits per heavy atom. The fourth-order valence-corrected chi connectivity index (χ4v) is 4.63. The molecular formula is C26H27N3O4. The predicted molar refractivity (Wildman–Crippen MR) is 124 cm³/mol.